The van der Waals surface area contributed by atoms with E-state index in [1.807, 2.05) is 13.0 Å². The highest BCUT2D eigenvalue weighted by molar-refractivity contribution is 5.72. The molecule has 17 heavy (non-hydrogen) atoms. The molecule has 0 saturated carbocycles. The summed E-state index contributed by atoms with van der Waals surface area (Å²) in [7, 11) is 1.36. The first-order valence-electron chi connectivity index (χ1n) is 5.47. The molecule has 0 amide bonds. The van der Waals surface area contributed by atoms with Crippen molar-refractivity contribution >= 4 is 5.97 Å². The van der Waals surface area contributed by atoms with Crippen molar-refractivity contribution in [1.29, 1.82) is 5.26 Å². The number of aryl methyl sites for hydroxylation is 1. The zero-order valence-corrected chi connectivity index (χ0v) is 10.1. The molecule has 4 nitrogen and oxygen atoms in total. The quantitative estimate of drug-likeness (QED) is 0.794. The van der Waals surface area contributed by atoms with Crippen molar-refractivity contribution < 1.29 is 9.53 Å². The maximum absolute atomic E-state index is 11.2. The van der Waals surface area contributed by atoms with Crippen LogP contribution >= 0.6 is 0 Å². The lowest BCUT2D eigenvalue weighted by Crippen LogP contribution is -2.08. The topological polar surface area (TPSA) is 76.1 Å². The summed E-state index contributed by atoms with van der Waals surface area (Å²) in [5, 5.41) is 9.08. The van der Waals surface area contributed by atoms with Crippen molar-refractivity contribution in [2.75, 3.05) is 7.11 Å². The lowest BCUT2D eigenvalue weighted by atomic mass is 9.95. The van der Waals surface area contributed by atoms with E-state index in [2.05, 4.69) is 10.8 Å². The Kier molecular flexibility index (Phi) is 4.68. The number of nitrogens with zero attached hydrogens (tertiary/aromatic N) is 1. The number of rotatable bonds is 4. The molecule has 0 aliphatic rings. The summed E-state index contributed by atoms with van der Waals surface area (Å²) in [4.78, 5) is 11.2. The number of benzene rings is 1. The van der Waals surface area contributed by atoms with E-state index in [0.29, 0.717) is 12.1 Å². The molecule has 0 bridgehead atoms. The lowest BCUT2D eigenvalue weighted by molar-refractivity contribution is -0.139. The Bertz CT molecular complexity index is 436. The number of carbonyl (C=O) groups is 1. The minimum atomic E-state index is -0.292. The maximum atomic E-state index is 11.2. The molecule has 0 atom stereocenters. The van der Waals surface area contributed by atoms with E-state index in [-0.39, 0.29) is 12.4 Å². The van der Waals surface area contributed by atoms with Gasteiger partial charge in [0.15, 0.2) is 0 Å². The van der Waals surface area contributed by atoms with Crippen LogP contribution in [0.15, 0.2) is 12.1 Å². The number of hydrogen-bond donors (Lipinski definition) is 1. The third-order valence-corrected chi connectivity index (χ3v) is 2.65. The number of ether oxygens (including phenoxy) is 1. The van der Waals surface area contributed by atoms with Crippen LogP contribution < -0.4 is 5.73 Å². The van der Waals surface area contributed by atoms with Gasteiger partial charge in [0.2, 0.25) is 0 Å². The van der Waals surface area contributed by atoms with Crippen molar-refractivity contribution in [3.63, 3.8) is 0 Å². The number of esters is 1. The summed E-state index contributed by atoms with van der Waals surface area (Å²) in [6, 6.07) is 5.83. The van der Waals surface area contributed by atoms with Crippen LogP contribution in [0.1, 0.15) is 29.2 Å². The van der Waals surface area contributed by atoms with E-state index in [1.165, 1.54) is 7.11 Å². The van der Waals surface area contributed by atoms with E-state index in [1.54, 1.807) is 6.07 Å². The van der Waals surface area contributed by atoms with E-state index < -0.39 is 0 Å². The predicted octanol–water partition coefficient (Wildman–Crippen LogP) is 1.29. The van der Waals surface area contributed by atoms with Crippen LogP contribution in [0.3, 0.4) is 0 Å². The van der Waals surface area contributed by atoms with E-state index in [0.717, 1.165) is 23.1 Å². The summed E-state index contributed by atoms with van der Waals surface area (Å²) in [5.41, 5.74) is 8.79. The van der Waals surface area contributed by atoms with Gasteiger partial charge in [0.05, 0.1) is 25.2 Å². The minimum absolute atomic E-state index is 0.211. The summed E-state index contributed by atoms with van der Waals surface area (Å²) < 4.78 is 4.62. The predicted molar refractivity (Wildman–Crippen MR) is 64.1 cm³/mol. The summed E-state index contributed by atoms with van der Waals surface area (Å²) in [5.74, 6) is -0.292. The molecular weight excluding hydrogens is 216 g/mol. The molecule has 0 saturated heterocycles. The Morgan fingerprint density at radius 2 is 2.12 bits per heavy atom. The third-order valence-electron chi connectivity index (χ3n) is 2.65. The molecule has 0 aromatic heterocycles. The van der Waals surface area contributed by atoms with Gasteiger partial charge < -0.3 is 10.5 Å². The lowest BCUT2D eigenvalue weighted by Gasteiger charge is -2.10. The minimum Gasteiger partial charge on any atom is -0.469 e. The first kappa shape index (κ1) is 13.2. The molecule has 1 rings (SSSR count). The second-order valence-corrected chi connectivity index (χ2v) is 3.71. The normalized spacial score (nSPS) is 9.76. The second-order valence-electron chi connectivity index (χ2n) is 3.71. The van der Waals surface area contributed by atoms with Crippen molar-refractivity contribution in [2.45, 2.75) is 26.3 Å². The van der Waals surface area contributed by atoms with Crippen LogP contribution in [0.2, 0.25) is 0 Å². The number of nitrogens with two attached hydrogens (primary N) is 1. The molecule has 90 valence electrons. The van der Waals surface area contributed by atoms with Crippen LogP contribution in [0.5, 0.6) is 0 Å². The van der Waals surface area contributed by atoms with Gasteiger partial charge in [-0.1, -0.05) is 19.1 Å². The van der Waals surface area contributed by atoms with Crippen LogP contribution in [0, 0.1) is 11.3 Å². The number of nitriles is 1. The van der Waals surface area contributed by atoms with Gasteiger partial charge in [-0.2, -0.15) is 5.26 Å². The first-order chi connectivity index (χ1) is 8.15. The summed E-state index contributed by atoms with van der Waals surface area (Å²) in [6.07, 6.45) is 0.952. The smallest absolute Gasteiger partial charge is 0.309 e. The molecule has 1 aromatic rings. The number of carbonyl (C=O) groups excluding carboxylic acids is 1. The van der Waals surface area contributed by atoms with Gasteiger partial charge in [0.25, 0.3) is 0 Å². The largest absolute Gasteiger partial charge is 0.469 e. The SMILES string of the molecule is CCc1cc(CC(=O)OC)cc(CN)c1C#N. The fraction of sp³-hybridized carbons (Fsp3) is 0.385. The molecule has 0 aliphatic heterocycles. The van der Waals surface area contributed by atoms with Crippen LogP contribution in [0.4, 0.5) is 0 Å². The molecule has 4 heteroatoms. The molecule has 0 heterocycles. The molecule has 0 aliphatic carbocycles. The summed E-state index contributed by atoms with van der Waals surface area (Å²) >= 11 is 0. The van der Waals surface area contributed by atoms with Crippen molar-refractivity contribution in [1.82, 2.24) is 0 Å². The molecular formula is C13H16N2O2. The molecule has 0 radical (unpaired) electrons. The van der Waals surface area contributed by atoms with Gasteiger partial charge >= 0.3 is 5.97 Å². The maximum Gasteiger partial charge on any atom is 0.309 e. The highest BCUT2D eigenvalue weighted by Gasteiger charge is 2.11. The summed E-state index contributed by atoms with van der Waals surface area (Å²) in [6.45, 7) is 2.27. The molecule has 1 aromatic carbocycles. The number of hydrogen-bond acceptors (Lipinski definition) is 4. The van der Waals surface area contributed by atoms with Crippen molar-refractivity contribution in [3.8, 4) is 6.07 Å². The second kappa shape index (κ2) is 6.02. The Morgan fingerprint density at radius 1 is 1.47 bits per heavy atom. The fourth-order valence-corrected chi connectivity index (χ4v) is 1.76. The molecule has 0 spiro atoms. The zero-order chi connectivity index (χ0) is 12.8. The van der Waals surface area contributed by atoms with Crippen molar-refractivity contribution in [2.24, 2.45) is 5.73 Å². The highest BCUT2D eigenvalue weighted by atomic mass is 16.5. The molecule has 2 N–H and O–H groups in total. The fourth-order valence-electron chi connectivity index (χ4n) is 1.76. The van der Waals surface area contributed by atoms with Crippen LogP contribution in [-0.4, -0.2) is 13.1 Å². The average Bonchev–Trinajstić information content (AvgIpc) is 2.37. The average molecular weight is 232 g/mol. The van der Waals surface area contributed by atoms with Crippen LogP contribution in [-0.2, 0) is 28.9 Å². The Labute approximate surface area is 101 Å². The van der Waals surface area contributed by atoms with Crippen molar-refractivity contribution in [3.05, 3.63) is 34.4 Å². The third kappa shape index (κ3) is 3.05. The van der Waals surface area contributed by atoms with Gasteiger partial charge in [0.1, 0.15) is 0 Å². The Balaban J connectivity index is 3.19. The van der Waals surface area contributed by atoms with Gasteiger partial charge in [-0.15, -0.1) is 0 Å². The van der Waals surface area contributed by atoms with Crippen LogP contribution in [0.25, 0.3) is 0 Å². The monoisotopic (exact) mass is 232 g/mol. The van der Waals surface area contributed by atoms with Gasteiger partial charge in [-0.25, -0.2) is 0 Å². The highest BCUT2D eigenvalue weighted by Crippen LogP contribution is 2.18. The van der Waals surface area contributed by atoms with E-state index >= 15 is 0 Å². The van der Waals surface area contributed by atoms with Gasteiger partial charge in [-0.3, -0.25) is 4.79 Å². The van der Waals surface area contributed by atoms with E-state index in [9.17, 15) is 4.79 Å². The van der Waals surface area contributed by atoms with Gasteiger partial charge in [-0.05, 0) is 23.1 Å². The standard InChI is InChI=1S/C13H16N2O2/c1-3-10-4-9(6-13(16)17-2)5-11(7-14)12(10)8-15/h4-5H,3,6-7,14H2,1-2H3. The zero-order valence-electron chi connectivity index (χ0n) is 10.1. The Hall–Kier alpha value is -1.86. The number of methoxy groups -OCH3 is 1. The van der Waals surface area contributed by atoms with E-state index in [4.69, 9.17) is 11.0 Å². The van der Waals surface area contributed by atoms with Gasteiger partial charge in [0, 0.05) is 6.54 Å². The Morgan fingerprint density at radius 3 is 2.59 bits per heavy atom. The first-order valence-corrected chi connectivity index (χ1v) is 5.47. The molecule has 0 fully saturated rings. The molecule has 0 unspecified atom stereocenters.